The number of anilines is 1. The fraction of sp³-hybridized carbons (Fsp3) is 0.467. The van der Waals surface area contributed by atoms with Gasteiger partial charge in [0.05, 0.1) is 22.5 Å². The maximum Gasteiger partial charge on any atom is 0.237 e. The first-order valence-electron chi connectivity index (χ1n) is 6.91. The molecule has 1 aliphatic heterocycles. The fourth-order valence-corrected chi connectivity index (χ4v) is 4.40. The molecule has 2 aliphatic carbocycles. The number of fused-ring (bicyclic) bond motifs is 5. The second kappa shape index (κ2) is 4.04. The van der Waals surface area contributed by atoms with Crippen LogP contribution in [0.25, 0.3) is 0 Å². The molecule has 2 amide bonds. The van der Waals surface area contributed by atoms with Crippen molar-refractivity contribution in [3.8, 4) is 0 Å². The number of hydrogen-bond donors (Lipinski definition) is 0. The largest absolute Gasteiger partial charge is 0.274 e. The van der Waals surface area contributed by atoms with Crippen molar-refractivity contribution in [3.63, 3.8) is 0 Å². The highest BCUT2D eigenvalue weighted by Gasteiger charge is 2.61. The van der Waals surface area contributed by atoms with Crippen LogP contribution in [0, 0.1) is 29.5 Å². The molecular weight excluding hydrogens is 281 g/mol. The molecule has 1 aromatic rings. The standard InChI is InChI=1S/C15H13ClFNO2/c16-10-4-3-9(6-11(10)17)18-14(19)12-7-1-2-8(5-7)13(12)15(18)20/h3-4,6-8,12-13H,1-2,5H2/t7-,8-,12-,13-/m0/s1. The topological polar surface area (TPSA) is 37.4 Å². The number of nitrogens with zero attached hydrogens (tertiary/aromatic N) is 1. The Balaban J connectivity index is 1.74. The van der Waals surface area contributed by atoms with Gasteiger partial charge in [0.2, 0.25) is 11.8 Å². The van der Waals surface area contributed by atoms with Gasteiger partial charge in [0.1, 0.15) is 5.82 Å². The number of benzene rings is 1. The van der Waals surface area contributed by atoms with E-state index in [1.807, 2.05) is 0 Å². The third kappa shape index (κ3) is 1.46. The molecule has 1 heterocycles. The predicted octanol–water partition coefficient (Wildman–Crippen LogP) is 3.01. The molecule has 3 nitrogen and oxygen atoms in total. The van der Waals surface area contributed by atoms with Crippen molar-refractivity contribution in [1.29, 1.82) is 0 Å². The number of carbonyl (C=O) groups is 2. The molecule has 4 rings (SSSR count). The van der Waals surface area contributed by atoms with Gasteiger partial charge in [-0.3, -0.25) is 9.59 Å². The molecule has 0 unspecified atom stereocenters. The second-order valence-electron chi connectivity index (χ2n) is 6.00. The van der Waals surface area contributed by atoms with Gasteiger partial charge in [0.15, 0.2) is 0 Å². The molecule has 2 saturated carbocycles. The summed E-state index contributed by atoms with van der Waals surface area (Å²) in [5, 5.41) is -0.00638. The lowest BCUT2D eigenvalue weighted by atomic mass is 9.81. The van der Waals surface area contributed by atoms with Gasteiger partial charge in [-0.15, -0.1) is 0 Å². The van der Waals surface area contributed by atoms with Crippen LogP contribution in [-0.4, -0.2) is 11.8 Å². The summed E-state index contributed by atoms with van der Waals surface area (Å²) in [6, 6.07) is 4.08. The van der Waals surface area contributed by atoms with E-state index in [-0.39, 0.29) is 28.7 Å². The number of hydrogen-bond acceptors (Lipinski definition) is 2. The summed E-state index contributed by atoms with van der Waals surface area (Å²) in [7, 11) is 0. The first-order chi connectivity index (χ1) is 9.58. The Morgan fingerprint density at radius 3 is 2.25 bits per heavy atom. The molecule has 3 fully saturated rings. The van der Waals surface area contributed by atoms with E-state index in [2.05, 4.69) is 0 Å². The Bertz CT molecular complexity index is 604. The van der Waals surface area contributed by atoms with Crippen molar-refractivity contribution >= 4 is 29.1 Å². The molecule has 0 N–H and O–H groups in total. The number of halogens is 2. The number of carbonyl (C=O) groups excluding carboxylic acids is 2. The Kier molecular flexibility index (Phi) is 2.49. The average Bonchev–Trinajstić information content (AvgIpc) is 3.08. The smallest absolute Gasteiger partial charge is 0.237 e. The molecule has 0 radical (unpaired) electrons. The SMILES string of the molecule is O=C1[C@H]2[C@H]3CC[C@@H](C3)[C@@H]2C(=O)N1c1ccc(Cl)c(F)c1. The summed E-state index contributed by atoms with van der Waals surface area (Å²) in [5.74, 6) is -0.611. The highest BCUT2D eigenvalue weighted by Crippen LogP contribution is 2.56. The minimum Gasteiger partial charge on any atom is -0.274 e. The summed E-state index contributed by atoms with van der Waals surface area (Å²) in [5.41, 5.74) is 0.302. The lowest BCUT2D eigenvalue weighted by Gasteiger charge is -2.19. The van der Waals surface area contributed by atoms with Crippen molar-refractivity contribution in [2.24, 2.45) is 23.7 Å². The molecule has 0 spiro atoms. The molecule has 20 heavy (non-hydrogen) atoms. The van der Waals surface area contributed by atoms with E-state index in [0.29, 0.717) is 17.5 Å². The number of imide groups is 1. The van der Waals surface area contributed by atoms with Crippen molar-refractivity contribution in [2.75, 3.05) is 4.90 Å². The van der Waals surface area contributed by atoms with Gasteiger partial charge in [0.25, 0.3) is 0 Å². The highest BCUT2D eigenvalue weighted by atomic mass is 35.5. The van der Waals surface area contributed by atoms with E-state index in [4.69, 9.17) is 11.6 Å². The van der Waals surface area contributed by atoms with E-state index in [1.54, 1.807) is 0 Å². The molecule has 0 aromatic heterocycles. The van der Waals surface area contributed by atoms with E-state index in [1.165, 1.54) is 23.1 Å². The lowest BCUT2D eigenvalue weighted by Crippen LogP contribution is -2.32. The zero-order valence-electron chi connectivity index (χ0n) is 10.7. The number of amides is 2. The molecule has 104 valence electrons. The van der Waals surface area contributed by atoms with Crippen LogP contribution in [0.1, 0.15) is 19.3 Å². The normalized spacial score (nSPS) is 35.0. The molecule has 2 bridgehead atoms. The Labute approximate surface area is 120 Å². The van der Waals surface area contributed by atoms with Crippen LogP contribution in [0.3, 0.4) is 0 Å². The van der Waals surface area contributed by atoms with Crippen LogP contribution in [0.4, 0.5) is 10.1 Å². The van der Waals surface area contributed by atoms with Crippen LogP contribution < -0.4 is 4.90 Å². The van der Waals surface area contributed by atoms with Gasteiger partial charge >= 0.3 is 0 Å². The van der Waals surface area contributed by atoms with Gasteiger partial charge in [-0.05, 0) is 49.3 Å². The summed E-state index contributed by atoms with van der Waals surface area (Å²) < 4.78 is 13.6. The zero-order valence-corrected chi connectivity index (χ0v) is 11.4. The van der Waals surface area contributed by atoms with E-state index in [0.717, 1.165) is 19.3 Å². The van der Waals surface area contributed by atoms with Crippen LogP contribution >= 0.6 is 11.6 Å². The van der Waals surface area contributed by atoms with Crippen molar-refractivity contribution in [3.05, 3.63) is 29.0 Å². The minimum absolute atomic E-state index is 0.00638. The monoisotopic (exact) mass is 293 g/mol. The number of rotatable bonds is 1. The molecule has 4 atom stereocenters. The third-order valence-corrected chi connectivity index (χ3v) is 5.40. The van der Waals surface area contributed by atoms with Crippen LogP contribution in [0.5, 0.6) is 0 Å². The van der Waals surface area contributed by atoms with Gasteiger partial charge in [-0.25, -0.2) is 9.29 Å². The molecule has 1 saturated heterocycles. The fourth-order valence-electron chi connectivity index (χ4n) is 4.29. The quantitative estimate of drug-likeness (QED) is 0.747. The molecule has 5 heteroatoms. The summed E-state index contributed by atoms with van der Waals surface area (Å²) in [4.78, 5) is 26.2. The maximum atomic E-state index is 13.6. The van der Waals surface area contributed by atoms with Crippen LogP contribution in [0.2, 0.25) is 5.02 Å². The molecule has 3 aliphatic rings. The first kappa shape index (κ1) is 12.3. The lowest BCUT2D eigenvalue weighted by molar-refractivity contribution is -0.123. The van der Waals surface area contributed by atoms with E-state index >= 15 is 0 Å². The van der Waals surface area contributed by atoms with Gasteiger partial charge in [-0.1, -0.05) is 11.6 Å². The Hall–Kier alpha value is -1.42. The van der Waals surface area contributed by atoms with Crippen molar-refractivity contribution in [2.45, 2.75) is 19.3 Å². The van der Waals surface area contributed by atoms with Gasteiger partial charge in [-0.2, -0.15) is 0 Å². The molecule has 1 aromatic carbocycles. The zero-order chi connectivity index (χ0) is 14.0. The van der Waals surface area contributed by atoms with Gasteiger partial charge in [0, 0.05) is 0 Å². The van der Waals surface area contributed by atoms with E-state index < -0.39 is 5.82 Å². The second-order valence-corrected chi connectivity index (χ2v) is 6.40. The predicted molar refractivity (Wildman–Crippen MR) is 71.7 cm³/mol. The summed E-state index contributed by atoms with van der Waals surface area (Å²) >= 11 is 5.65. The average molecular weight is 294 g/mol. The summed E-state index contributed by atoms with van der Waals surface area (Å²) in [6.07, 6.45) is 3.07. The molecular formula is C15H13ClFNO2. The van der Waals surface area contributed by atoms with Crippen molar-refractivity contribution in [1.82, 2.24) is 0 Å². The van der Waals surface area contributed by atoms with Crippen molar-refractivity contribution < 1.29 is 14.0 Å². The Morgan fingerprint density at radius 2 is 1.70 bits per heavy atom. The minimum atomic E-state index is -0.607. The van der Waals surface area contributed by atoms with E-state index in [9.17, 15) is 14.0 Å². The first-order valence-corrected chi connectivity index (χ1v) is 7.28. The van der Waals surface area contributed by atoms with Crippen LogP contribution in [-0.2, 0) is 9.59 Å². The van der Waals surface area contributed by atoms with Gasteiger partial charge < -0.3 is 0 Å². The highest BCUT2D eigenvalue weighted by molar-refractivity contribution is 6.31. The third-order valence-electron chi connectivity index (χ3n) is 5.09. The van der Waals surface area contributed by atoms with Crippen LogP contribution in [0.15, 0.2) is 18.2 Å². The Morgan fingerprint density at radius 1 is 1.10 bits per heavy atom. The maximum absolute atomic E-state index is 13.6. The summed E-state index contributed by atoms with van der Waals surface area (Å²) in [6.45, 7) is 0.